The fourth-order valence-electron chi connectivity index (χ4n) is 2.58. The van der Waals surface area contributed by atoms with Crippen LogP contribution in [0, 0.1) is 5.92 Å². The predicted octanol–water partition coefficient (Wildman–Crippen LogP) is 1.52. The van der Waals surface area contributed by atoms with Crippen molar-refractivity contribution in [2.75, 3.05) is 26.7 Å². The van der Waals surface area contributed by atoms with Crippen LogP contribution in [0.5, 0.6) is 0 Å². The van der Waals surface area contributed by atoms with Gasteiger partial charge in [-0.2, -0.15) is 5.11 Å². The quantitative estimate of drug-likeness (QED) is 0.504. The second kappa shape index (κ2) is 4.09. The average molecular weight is 194 g/mol. The van der Waals surface area contributed by atoms with Crippen molar-refractivity contribution in [3.8, 4) is 0 Å². The van der Waals surface area contributed by atoms with E-state index < -0.39 is 0 Å². The number of rotatable bonds is 3. The van der Waals surface area contributed by atoms with Crippen molar-refractivity contribution in [3.63, 3.8) is 0 Å². The molecule has 0 spiro atoms. The largest absolute Gasteiger partial charge is 0.301 e. The van der Waals surface area contributed by atoms with Crippen molar-refractivity contribution in [1.82, 2.24) is 9.91 Å². The summed E-state index contributed by atoms with van der Waals surface area (Å²) < 4.78 is 0. The lowest BCUT2D eigenvalue weighted by atomic mass is 9.84. The number of nitrogens with zero attached hydrogens (tertiary/aromatic N) is 4. The average Bonchev–Trinajstić information content (AvgIpc) is 2.27. The molecule has 3 heterocycles. The van der Waals surface area contributed by atoms with Crippen LogP contribution in [-0.2, 0) is 0 Å². The first-order chi connectivity index (χ1) is 6.85. The highest BCUT2D eigenvalue weighted by Gasteiger charge is 2.36. The van der Waals surface area contributed by atoms with Crippen LogP contribution in [0.2, 0.25) is 0 Å². The summed E-state index contributed by atoms with van der Waals surface area (Å²) in [6, 6.07) is 0.499. The monoisotopic (exact) mass is 194 g/mol. The van der Waals surface area contributed by atoms with Crippen molar-refractivity contribution in [2.24, 2.45) is 16.3 Å². The third-order valence-electron chi connectivity index (χ3n) is 3.34. The lowest BCUT2D eigenvalue weighted by Crippen LogP contribution is -2.54. The maximum atomic E-state index is 4.10. The molecule has 3 rings (SSSR count). The van der Waals surface area contributed by atoms with E-state index >= 15 is 0 Å². The van der Waals surface area contributed by atoms with Crippen LogP contribution in [-0.4, -0.2) is 42.6 Å². The minimum absolute atomic E-state index is 0.499. The van der Waals surface area contributed by atoms with Gasteiger partial charge in [-0.1, -0.05) is 11.8 Å². The van der Waals surface area contributed by atoms with Crippen molar-refractivity contribution < 1.29 is 0 Å². The highest BCUT2D eigenvalue weighted by Crippen LogP contribution is 2.31. The topological polar surface area (TPSA) is 31.2 Å². The molecule has 14 heavy (non-hydrogen) atoms. The van der Waals surface area contributed by atoms with Crippen LogP contribution in [0.3, 0.4) is 0 Å². The lowest BCUT2D eigenvalue weighted by molar-refractivity contribution is 0.0235. The molecule has 3 aliphatic rings. The zero-order chi connectivity index (χ0) is 9.97. The van der Waals surface area contributed by atoms with Gasteiger partial charge in [-0.15, -0.1) is 0 Å². The summed E-state index contributed by atoms with van der Waals surface area (Å²) in [5, 5.41) is 9.85. The maximum Gasteiger partial charge on any atom is 0.0691 e. The fourth-order valence-corrected chi connectivity index (χ4v) is 2.58. The number of hydrogen-bond donors (Lipinski definition) is 0. The summed E-state index contributed by atoms with van der Waals surface area (Å²) in [6.45, 7) is 7.43. The first-order valence-electron chi connectivity index (χ1n) is 5.28. The Morgan fingerprint density at radius 1 is 1.43 bits per heavy atom. The molecule has 0 aromatic heterocycles. The van der Waals surface area contributed by atoms with E-state index in [0.717, 1.165) is 12.5 Å². The first-order valence-corrected chi connectivity index (χ1v) is 5.28. The number of fused-ring (bicyclic) bond motifs is 3. The Morgan fingerprint density at radius 2 is 2.14 bits per heavy atom. The van der Waals surface area contributed by atoms with Crippen LogP contribution in [0.25, 0.3) is 0 Å². The molecule has 0 radical (unpaired) electrons. The van der Waals surface area contributed by atoms with E-state index in [1.807, 2.05) is 5.01 Å². The van der Waals surface area contributed by atoms with Crippen molar-refractivity contribution in [2.45, 2.75) is 18.9 Å². The highest BCUT2D eigenvalue weighted by molar-refractivity contribution is 4.93. The molecule has 0 saturated carbocycles. The van der Waals surface area contributed by atoms with E-state index in [1.165, 1.54) is 25.9 Å². The smallest absolute Gasteiger partial charge is 0.0691 e. The van der Waals surface area contributed by atoms with Crippen LogP contribution in [0.4, 0.5) is 0 Å². The standard InChI is InChI=1S/C10H18N4/c1-3-14(12-11-2)10-8-13-6-4-9(10)5-7-13/h3,9-10H,1,4-8H2,2H3. The van der Waals surface area contributed by atoms with Gasteiger partial charge in [-0.3, -0.25) is 5.01 Å². The molecule has 0 N–H and O–H groups in total. The summed E-state index contributed by atoms with van der Waals surface area (Å²) in [7, 11) is 1.71. The van der Waals surface area contributed by atoms with Gasteiger partial charge in [0.2, 0.25) is 0 Å². The summed E-state index contributed by atoms with van der Waals surface area (Å²) in [5.74, 6) is 0.781. The Labute approximate surface area is 85.3 Å². The Hall–Kier alpha value is -0.900. The normalized spacial score (nSPS) is 36.2. The molecule has 78 valence electrons. The molecular formula is C10H18N4. The molecule has 4 nitrogen and oxygen atoms in total. The van der Waals surface area contributed by atoms with Gasteiger partial charge >= 0.3 is 0 Å². The molecule has 0 aliphatic carbocycles. The molecule has 3 aliphatic heterocycles. The molecule has 0 aromatic rings. The van der Waals surface area contributed by atoms with Crippen LogP contribution >= 0.6 is 0 Å². The molecule has 1 atom stereocenters. The first kappa shape index (κ1) is 9.65. The summed E-state index contributed by atoms with van der Waals surface area (Å²) >= 11 is 0. The van der Waals surface area contributed by atoms with Gasteiger partial charge in [0, 0.05) is 12.7 Å². The third kappa shape index (κ3) is 1.66. The molecule has 3 fully saturated rings. The van der Waals surface area contributed by atoms with Gasteiger partial charge in [-0.25, -0.2) is 0 Å². The zero-order valence-corrected chi connectivity index (χ0v) is 8.76. The Kier molecular flexibility index (Phi) is 2.82. The highest BCUT2D eigenvalue weighted by atomic mass is 15.5. The molecule has 1 unspecified atom stereocenters. The van der Waals surface area contributed by atoms with Gasteiger partial charge < -0.3 is 4.90 Å². The van der Waals surface area contributed by atoms with E-state index in [4.69, 9.17) is 0 Å². The molecule has 0 amide bonds. The Bertz CT molecular complexity index is 230. The van der Waals surface area contributed by atoms with Gasteiger partial charge in [0.1, 0.15) is 0 Å². The molecule has 4 heteroatoms. The lowest BCUT2D eigenvalue weighted by Gasteiger charge is -2.46. The Balaban J connectivity index is 2.06. The zero-order valence-electron chi connectivity index (χ0n) is 8.76. The SMILES string of the molecule is C=CN(N=NC)C1CN2CCC1CC2. The second-order valence-corrected chi connectivity index (χ2v) is 4.06. The molecule has 2 bridgehead atoms. The van der Waals surface area contributed by atoms with Gasteiger partial charge in [-0.05, 0) is 31.8 Å². The second-order valence-electron chi connectivity index (χ2n) is 4.06. The minimum atomic E-state index is 0.499. The third-order valence-corrected chi connectivity index (χ3v) is 3.34. The van der Waals surface area contributed by atoms with Crippen molar-refractivity contribution >= 4 is 0 Å². The predicted molar refractivity (Wildman–Crippen MR) is 55.8 cm³/mol. The maximum absolute atomic E-state index is 4.10. The number of piperidine rings is 3. The molecule has 3 saturated heterocycles. The molecular weight excluding hydrogens is 176 g/mol. The van der Waals surface area contributed by atoms with Crippen molar-refractivity contribution in [3.05, 3.63) is 12.8 Å². The van der Waals surface area contributed by atoms with Crippen molar-refractivity contribution in [1.29, 1.82) is 0 Å². The van der Waals surface area contributed by atoms with E-state index in [9.17, 15) is 0 Å². The van der Waals surface area contributed by atoms with E-state index in [-0.39, 0.29) is 0 Å². The minimum Gasteiger partial charge on any atom is -0.301 e. The number of hydrogen-bond acceptors (Lipinski definition) is 3. The van der Waals surface area contributed by atoms with E-state index in [1.54, 1.807) is 13.2 Å². The summed E-state index contributed by atoms with van der Waals surface area (Å²) in [4.78, 5) is 2.51. The fraction of sp³-hybridized carbons (Fsp3) is 0.800. The van der Waals surface area contributed by atoms with Crippen LogP contribution in [0.15, 0.2) is 23.1 Å². The van der Waals surface area contributed by atoms with Gasteiger partial charge in [0.25, 0.3) is 0 Å². The van der Waals surface area contributed by atoms with Crippen LogP contribution < -0.4 is 0 Å². The Morgan fingerprint density at radius 3 is 2.57 bits per heavy atom. The van der Waals surface area contributed by atoms with E-state index in [0.29, 0.717) is 6.04 Å². The van der Waals surface area contributed by atoms with Gasteiger partial charge in [0.15, 0.2) is 0 Å². The summed E-state index contributed by atoms with van der Waals surface area (Å²) in [6.07, 6.45) is 4.39. The van der Waals surface area contributed by atoms with E-state index in [2.05, 4.69) is 21.8 Å². The molecule has 0 aromatic carbocycles. The summed E-state index contributed by atoms with van der Waals surface area (Å²) in [5.41, 5.74) is 0. The van der Waals surface area contributed by atoms with Crippen LogP contribution in [0.1, 0.15) is 12.8 Å². The van der Waals surface area contributed by atoms with Gasteiger partial charge in [0.05, 0.1) is 13.1 Å².